The number of aryl methyl sites for hydroxylation is 2. The topological polar surface area (TPSA) is 85.6 Å². The van der Waals surface area contributed by atoms with Crippen LogP contribution in [0.25, 0.3) is 10.9 Å². The SMILES string of the molecule is COC(=O)CCCc1cn(CCCCS(=O)(=O)O)c2ccccc12. The van der Waals surface area contributed by atoms with Gasteiger partial charge >= 0.3 is 5.97 Å². The third-order valence-electron chi connectivity index (χ3n) is 3.98. The first kappa shape index (κ1) is 18.5. The van der Waals surface area contributed by atoms with Crippen LogP contribution in [0.1, 0.15) is 31.2 Å². The van der Waals surface area contributed by atoms with E-state index in [1.807, 2.05) is 18.2 Å². The molecule has 0 aliphatic heterocycles. The van der Waals surface area contributed by atoms with E-state index in [-0.39, 0.29) is 11.7 Å². The van der Waals surface area contributed by atoms with E-state index >= 15 is 0 Å². The molecule has 0 saturated heterocycles. The molecule has 7 heteroatoms. The second kappa shape index (κ2) is 8.30. The number of hydrogen-bond donors (Lipinski definition) is 1. The third kappa shape index (κ3) is 5.35. The molecule has 1 aromatic heterocycles. The lowest BCUT2D eigenvalue weighted by Crippen LogP contribution is -2.05. The van der Waals surface area contributed by atoms with Crippen molar-refractivity contribution < 1.29 is 22.5 Å². The third-order valence-corrected chi connectivity index (χ3v) is 4.78. The van der Waals surface area contributed by atoms with E-state index in [0.717, 1.165) is 23.7 Å². The number of ether oxygens (including phenoxy) is 1. The van der Waals surface area contributed by atoms with E-state index in [1.54, 1.807) is 0 Å². The van der Waals surface area contributed by atoms with Crippen molar-refractivity contribution in [2.75, 3.05) is 12.9 Å². The number of carbonyl (C=O) groups excluding carboxylic acids is 1. The van der Waals surface area contributed by atoms with Crippen molar-refractivity contribution in [2.45, 2.75) is 38.6 Å². The summed E-state index contributed by atoms with van der Waals surface area (Å²) in [6.45, 7) is 0.688. The maximum absolute atomic E-state index is 11.2. The predicted octanol–water partition coefficient (Wildman–Crippen LogP) is 2.81. The Morgan fingerprint density at radius 2 is 1.96 bits per heavy atom. The molecule has 0 aliphatic rings. The second-order valence-electron chi connectivity index (χ2n) is 5.79. The molecule has 132 valence electrons. The zero-order valence-corrected chi connectivity index (χ0v) is 14.6. The fraction of sp³-hybridized carbons (Fsp3) is 0.471. The number of unbranched alkanes of at least 4 members (excludes halogenated alkanes) is 1. The van der Waals surface area contributed by atoms with E-state index < -0.39 is 10.1 Å². The number of para-hydroxylation sites is 1. The van der Waals surface area contributed by atoms with Crippen LogP contribution in [-0.2, 0) is 32.6 Å². The summed E-state index contributed by atoms with van der Waals surface area (Å²) in [4.78, 5) is 11.2. The van der Waals surface area contributed by atoms with Crippen molar-refractivity contribution in [1.29, 1.82) is 0 Å². The van der Waals surface area contributed by atoms with Crippen LogP contribution in [0.3, 0.4) is 0 Å². The molecule has 0 spiro atoms. The fourth-order valence-corrected chi connectivity index (χ4v) is 3.37. The van der Waals surface area contributed by atoms with Gasteiger partial charge in [0.15, 0.2) is 0 Å². The first-order chi connectivity index (χ1) is 11.4. The van der Waals surface area contributed by atoms with Crippen LogP contribution >= 0.6 is 0 Å². The zero-order valence-electron chi connectivity index (χ0n) is 13.8. The number of esters is 1. The van der Waals surface area contributed by atoms with Crippen molar-refractivity contribution in [3.05, 3.63) is 36.0 Å². The average molecular weight is 353 g/mol. The van der Waals surface area contributed by atoms with E-state index in [2.05, 4.69) is 21.6 Å². The van der Waals surface area contributed by atoms with Gasteiger partial charge in [-0.25, -0.2) is 0 Å². The van der Waals surface area contributed by atoms with Gasteiger partial charge in [0.25, 0.3) is 10.1 Å². The Labute approximate surface area is 142 Å². The smallest absolute Gasteiger partial charge is 0.305 e. The van der Waals surface area contributed by atoms with Crippen molar-refractivity contribution >= 4 is 27.0 Å². The number of fused-ring (bicyclic) bond motifs is 1. The Balaban J connectivity index is 2.03. The normalized spacial score (nSPS) is 11.8. The lowest BCUT2D eigenvalue weighted by atomic mass is 10.1. The molecule has 0 bridgehead atoms. The van der Waals surface area contributed by atoms with Crippen LogP contribution in [0.5, 0.6) is 0 Å². The number of hydrogen-bond acceptors (Lipinski definition) is 4. The van der Waals surface area contributed by atoms with Gasteiger partial charge in [0.05, 0.1) is 12.9 Å². The molecule has 1 aromatic carbocycles. The molecule has 0 saturated carbocycles. The predicted molar refractivity (Wildman–Crippen MR) is 92.5 cm³/mol. The van der Waals surface area contributed by atoms with Crippen LogP contribution in [0, 0.1) is 0 Å². The molecule has 0 fully saturated rings. The second-order valence-corrected chi connectivity index (χ2v) is 7.36. The number of nitrogens with zero attached hydrogens (tertiary/aromatic N) is 1. The molecule has 2 rings (SSSR count). The highest BCUT2D eigenvalue weighted by Crippen LogP contribution is 2.23. The van der Waals surface area contributed by atoms with Gasteiger partial charge in [0, 0.05) is 30.1 Å². The summed E-state index contributed by atoms with van der Waals surface area (Å²) in [5.74, 6) is -0.415. The van der Waals surface area contributed by atoms with E-state index in [1.165, 1.54) is 12.7 Å². The van der Waals surface area contributed by atoms with E-state index in [0.29, 0.717) is 25.8 Å². The van der Waals surface area contributed by atoms with Gasteiger partial charge in [-0.2, -0.15) is 8.42 Å². The lowest BCUT2D eigenvalue weighted by Gasteiger charge is -2.04. The first-order valence-corrected chi connectivity index (χ1v) is 9.60. The summed E-state index contributed by atoms with van der Waals surface area (Å²) < 4.78 is 37.1. The van der Waals surface area contributed by atoms with Gasteiger partial charge in [0.2, 0.25) is 0 Å². The highest BCUT2D eigenvalue weighted by molar-refractivity contribution is 7.85. The van der Waals surface area contributed by atoms with Gasteiger partial charge < -0.3 is 9.30 Å². The summed E-state index contributed by atoms with van der Waals surface area (Å²) in [6, 6.07) is 8.03. The molecular formula is C17H23NO5S. The maximum Gasteiger partial charge on any atom is 0.305 e. The van der Waals surface area contributed by atoms with Crippen LogP contribution in [-0.4, -0.2) is 36.4 Å². The molecule has 1 heterocycles. The van der Waals surface area contributed by atoms with E-state index in [4.69, 9.17) is 4.55 Å². The highest BCUT2D eigenvalue weighted by Gasteiger charge is 2.10. The van der Waals surface area contributed by atoms with Gasteiger partial charge in [-0.05, 0) is 37.3 Å². The number of benzene rings is 1. The Bertz CT molecular complexity index is 794. The number of carbonyl (C=O) groups is 1. The molecule has 1 N–H and O–H groups in total. The van der Waals surface area contributed by atoms with Crippen molar-refractivity contribution in [2.24, 2.45) is 0 Å². The Hall–Kier alpha value is -1.86. The minimum atomic E-state index is -3.89. The molecule has 0 radical (unpaired) electrons. The van der Waals surface area contributed by atoms with Gasteiger partial charge in [-0.3, -0.25) is 9.35 Å². The summed E-state index contributed by atoms with van der Waals surface area (Å²) in [6.07, 6.45) is 5.06. The van der Waals surface area contributed by atoms with E-state index in [9.17, 15) is 13.2 Å². The maximum atomic E-state index is 11.2. The summed E-state index contributed by atoms with van der Waals surface area (Å²) in [5.41, 5.74) is 2.27. The molecular weight excluding hydrogens is 330 g/mol. The standard InChI is InChI=1S/C17H23NO5S/c1-23-17(19)10-6-7-14-13-18(11-4-5-12-24(20,21)22)16-9-3-2-8-15(14)16/h2-3,8-9,13H,4-7,10-12H2,1H3,(H,20,21,22). The average Bonchev–Trinajstić information content (AvgIpc) is 2.89. The van der Waals surface area contributed by atoms with Crippen molar-refractivity contribution in [3.8, 4) is 0 Å². The molecule has 2 aromatic rings. The number of rotatable bonds is 9. The Morgan fingerprint density at radius 3 is 2.67 bits per heavy atom. The quantitative estimate of drug-likeness (QED) is 0.426. The number of methoxy groups -OCH3 is 1. The van der Waals surface area contributed by atoms with Crippen LogP contribution in [0.2, 0.25) is 0 Å². The minimum Gasteiger partial charge on any atom is -0.469 e. The number of aromatic nitrogens is 1. The molecule has 0 atom stereocenters. The fourth-order valence-electron chi connectivity index (χ4n) is 2.80. The Kier molecular flexibility index (Phi) is 6.39. The van der Waals surface area contributed by atoms with Crippen LogP contribution in [0.4, 0.5) is 0 Å². The summed E-state index contributed by atoms with van der Waals surface area (Å²) >= 11 is 0. The monoisotopic (exact) mass is 353 g/mol. The Morgan fingerprint density at radius 1 is 1.21 bits per heavy atom. The van der Waals surface area contributed by atoms with Crippen molar-refractivity contribution in [1.82, 2.24) is 4.57 Å². The largest absolute Gasteiger partial charge is 0.469 e. The summed E-state index contributed by atoms with van der Waals surface area (Å²) in [7, 11) is -2.50. The minimum absolute atomic E-state index is 0.205. The zero-order chi connectivity index (χ0) is 17.6. The van der Waals surface area contributed by atoms with Crippen LogP contribution < -0.4 is 0 Å². The molecule has 0 amide bonds. The van der Waals surface area contributed by atoms with Crippen molar-refractivity contribution in [3.63, 3.8) is 0 Å². The molecule has 0 aliphatic carbocycles. The van der Waals surface area contributed by atoms with Gasteiger partial charge in [-0.15, -0.1) is 0 Å². The van der Waals surface area contributed by atoms with Crippen LogP contribution in [0.15, 0.2) is 30.5 Å². The first-order valence-electron chi connectivity index (χ1n) is 7.99. The summed E-state index contributed by atoms with van der Waals surface area (Å²) in [5, 5.41) is 1.15. The highest BCUT2D eigenvalue weighted by atomic mass is 32.2. The van der Waals surface area contributed by atoms with Gasteiger partial charge in [0.1, 0.15) is 0 Å². The van der Waals surface area contributed by atoms with Gasteiger partial charge in [-0.1, -0.05) is 18.2 Å². The molecule has 0 unspecified atom stereocenters. The lowest BCUT2D eigenvalue weighted by molar-refractivity contribution is -0.140. The molecule has 6 nitrogen and oxygen atoms in total. The molecule has 24 heavy (non-hydrogen) atoms.